The fraction of sp³-hybridized carbons (Fsp3) is 0. The zero-order chi connectivity index (χ0) is 24.5. The van der Waals surface area contributed by atoms with E-state index in [9.17, 15) is 0 Å². The number of hydrogen-bond donors (Lipinski definition) is 0. The Morgan fingerprint density at radius 3 is 0.974 bits per heavy atom. The van der Waals surface area contributed by atoms with Gasteiger partial charge in [-0.3, -0.25) is 0 Å². The second-order valence-corrected chi connectivity index (χ2v) is 10.8. The van der Waals surface area contributed by atoms with Crippen LogP contribution in [0.4, 0.5) is 0 Å². The van der Waals surface area contributed by atoms with Gasteiger partial charge in [-0.05, 0) is 109 Å². The summed E-state index contributed by atoms with van der Waals surface area (Å²) in [5.41, 5.74) is 0. The lowest BCUT2D eigenvalue weighted by molar-refractivity contribution is 1.79. The molecular weight excluding hydrogens is 456 g/mol. The van der Waals surface area contributed by atoms with Gasteiger partial charge in [0.1, 0.15) is 0 Å². The topological polar surface area (TPSA) is 0 Å². The molecule has 10 rings (SSSR count). The highest BCUT2D eigenvalue weighted by molar-refractivity contribution is 6.44. The summed E-state index contributed by atoms with van der Waals surface area (Å²) in [6.45, 7) is 0. The predicted molar refractivity (Wildman–Crippen MR) is 166 cm³/mol. The molecule has 0 amide bonds. The predicted octanol–water partition coefficient (Wildman–Crippen LogP) is 10.9. The van der Waals surface area contributed by atoms with Crippen LogP contribution in [0.3, 0.4) is 0 Å². The Labute approximate surface area is 218 Å². The van der Waals surface area contributed by atoms with Crippen LogP contribution in [0, 0.1) is 0 Å². The lowest BCUT2D eigenvalue weighted by atomic mass is 9.82. The van der Waals surface area contributed by atoms with E-state index in [1.807, 2.05) is 0 Å². The van der Waals surface area contributed by atoms with Crippen molar-refractivity contribution in [2.45, 2.75) is 0 Å². The average molecular weight is 477 g/mol. The Balaban J connectivity index is 1.55. The fourth-order valence-electron chi connectivity index (χ4n) is 7.59. The summed E-state index contributed by atoms with van der Waals surface area (Å²) < 4.78 is 0. The molecule has 0 saturated heterocycles. The Morgan fingerprint density at radius 2 is 0.526 bits per heavy atom. The highest BCUT2D eigenvalue weighted by atomic mass is 14.2. The van der Waals surface area contributed by atoms with Gasteiger partial charge in [-0.15, -0.1) is 0 Å². The van der Waals surface area contributed by atoms with Crippen LogP contribution in [-0.2, 0) is 0 Å². The van der Waals surface area contributed by atoms with Crippen LogP contribution >= 0.6 is 0 Å². The first-order chi connectivity index (χ1) is 18.9. The van der Waals surface area contributed by atoms with Crippen molar-refractivity contribution in [3.05, 3.63) is 121 Å². The molecule has 0 heteroatoms. The van der Waals surface area contributed by atoms with Crippen molar-refractivity contribution in [2.75, 3.05) is 0 Å². The molecule has 0 nitrogen and oxygen atoms in total. The fourth-order valence-corrected chi connectivity index (χ4v) is 7.59. The third-order valence-corrected chi connectivity index (χ3v) is 9.09. The van der Waals surface area contributed by atoms with E-state index in [1.165, 1.54) is 97.0 Å². The van der Waals surface area contributed by atoms with E-state index in [2.05, 4.69) is 121 Å². The van der Waals surface area contributed by atoms with Crippen molar-refractivity contribution in [2.24, 2.45) is 0 Å². The maximum Gasteiger partial charge on any atom is -0.00139 e. The molecule has 0 saturated carbocycles. The van der Waals surface area contributed by atoms with Gasteiger partial charge in [-0.25, -0.2) is 0 Å². The second kappa shape index (κ2) is 6.49. The van der Waals surface area contributed by atoms with Gasteiger partial charge in [0.05, 0.1) is 0 Å². The molecule has 0 atom stereocenters. The van der Waals surface area contributed by atoms with E-state index in [-0.39, 0.29) is 0 Å². The van der Waals surface area contributed by atoms with Crippen molar-refractivity contribution >= 4 is 97.0 Å². The number of benzene rings is 10. The van der Waals surface area contributed by atoms with E-state index in [0.29, 0.717) is 0 Å². The van der Waals surface area contributed by atoms with Gasteiger partial charge in [0.15, 0.2) is 0 Å². The van der Waals surface area contributed by atoms with Crippen LogP contribution in [0.25, 0.3) is 97.0 Å². The molecular formula is C38H20. The summed E-state index contributed by atoms with van der Waals surface area (Å²) in [6.07, 6.45) is 0. The Morgan fingerprint density at radius 1 is 0.211 bits per heavy atom. The van der Waals surface area contributed by atoms with E-state index >= 15 is 0 Å². The quantitative estimate of drug-likeness (QED) is 0.151. The van der Waals surface area contributed by atoms with Gasteiger partial charge in [-0.2, -0.15) is 0 Å². The summed E-state index contributed by atoms with van der Waals surface area (Å²) in [7, 11) is 0. The highest BCUT2D eigenvalue weighted by Gasteiger charge is 2.20. The third-order valence-electron chi connectivity index (χ3n) is 9.09. The summed E-state index contributed by atoms with van der Waals surface area (Å²) in [4.78, 5) is 0. The van der Waals surface area contributed by atoms with Gasteiger partial charge in [-0.1, -0.05) is 109 Å². The van der Waals surface area contributed by atoms with Crippen molar-refractivity contribution < 1.29 is 0 Å². The maximum absolute atomic E-state index is 2.42. The van der Waals surface area contributed by atoms with Gasteiger partial charge >= 0.3 is 0 Å². The van der Waals surface area contributed by atoms with Crippen molar-refractivity contribution in [1.29, 1.82) is 0 Å². The van der Waals surface area contributed by atoms with Crippen molar-refractivity contribution in [1.82, 2.24) is 0 Å². The standard InChI is InChI=1S/C38H20/c1-3-9-23-21(7-1)19-33-31-17-18-32-34-20-22-8-2-4-10-24(22)26-12-6-14-28(36(26)34)30-16-15-29(37(31)38(30)32)27-13-5-11-25(23)35(27)33/h1-20H. The van der Waals surface area contributed by atoms with Crippen molar-refractivity contribution in [3.8, 4) is 0 Å². The van der Waals surface area contributed by atoms with E-state index in [0.717, 1.165) is 0 Å². The third kappa shape index (κ3) is 2.12. The molecule has 0 aliphatic heterocycles. The first-order valence-electron chi connectivity index (χ1n) is 13.4. The number of fused-ring (bicyclic) bond motifs is 8. The average Bonchev–Trinajstić information content (AvgIpc) is 2.98. The largest absolute Gasteiger partial charge is 0.0616 e. The molecule has 0 aromatic heterocycles. The molecule has 0 spiro atoms. The molecule has 0 aliphatic rings. The van der Waals surface area contributed by atoms with Crippen LogP contribution in [0.1, 0.15) is 0 Å². The number of rotatable bonds is 0. The van der Waals surface area contributed by atoms with Crippen LogP contribution in [0.2, 0.25) is 0 Å². The molecule has 172 valence electrons. The smallest absolute Gasteiger partial charge is 0.00139 e. The monoisotopic (exact) mass is 476 g/mol. The second-order valence-electron chi connectivity index (χ2n) is 10.8. The summed E-state index contributed by atoms with van der Waals surface area (Å²) in [6, 6.07) is 45.7. The van der Waals surface area contributed by atoms with Crippen LogP contribution in [-0.4, -0.2) is 0 Å². The lowest BCUT2D eigenvalue weighted by Gasteiger charge is -2.20. The molecule has 10 aromatic rings. The summed E-state index contributed by atoms with van der Waals surface area (Å²) >= 11 is 0. The highest BCUT2D eigenvalue weighted by Crippen LogP contribution is 2.49. The van der Waals surface area contributed by atoms with Crippen LogP contribution in [0.5, 0.6) is 0 Å². The summed E-state index contributed by atoms with van der Waals surface area (Å²) in [5.74, 6) is 0. The summed E-state index contributed by atoms with van der Waals surface area (Å²) in [5, 5.41) is 24.3. The van der Waals surface area contributed by atoms with Gasteiger partial charge in [0.25, 0.3) is 0 Å². The molecule has 0 bridgehead atoms. The Bertz CT molecular complexity index is 2420. The minimum atomic E-state index is 1.30. The molecule has 0 heterocycles. The number of hydrogen-bond acceptors (Lipinski definition) is 0. The SMILES string of the molecule is c1ccc2c(c1)cc1c3ccc4c5cc6ccccc6c6cccc(c7ccc(c8cccc2c81)c3c74)c65. The maximum atomic E-state index is 2.42. The molecule has 10 aromatic carbocycles. The van der Waals surface area contributed by atoms with Gasteiger partial charge < -0.3 is 0 Å². The van der Waals surface area contributed by atoms with Gasteiger partial charge in [0.2, 0.25) is 0 Å². The van der Waals surface area contributed by atoms with Crippen LogP contribution in [0.15, 0.2) is 121 Å². The molecule has 0 N–H and O–H groups in total. The van der Waals surface area contributed by atoms with E-state index < -0.39 is 0 Å². The minimum Gasteiger partial charge on any atom is -0.0616 e. The zero-order valence-corrected chi connectivity index (χ0v) is 20.5. The first kappa shape index (κ1) is 19.2. The van der Waals surface area contributed by atoms with Gasteiger partial charge in [0, 0.05) is 0 Å². The molecule has 0 fully saturated rings. The first-order valence-corrected chi connectivity index (χ1v) is 13.4. The normalized spacial score (nSPS) is 12.7. The zero-order valence-electron chi connectivity index (χ0n) is 20.5. The minimum absolute atomic E-state index is 1.30. The van der Waals surface area contributed by atoms with E-state index in [1.54, 1.807) is 0 Å². The molecule has 0 aliphatic carbocycles. The van der Waals surface area contributed by atoms with Crippen molar-refractivity contribution in [3.63, 3.8) is 0 Å². The Kier molecular flexibility index (Phi) is 3.28. The lowest BCUT2D eigenvalue weighted by Crippen LogP contribution is -1.92. The molecule has 38 heavy (non-hydrogen) atoms. The Hall–Kier alpha value is -4.94. The molecule has 0 radical (unpaired) electrons. The van der Waals surface area contributed by atoms with Crippen LogP contribution < -0.4 is 0 Å². The van der Waals surface area contributed by atoms with E-state index in [4.69, 9.17) is 0 Å². The molecule has 0 unspecified atom stereocenters.